The van der Waals surface area contributed by atoms with Crippen LogP contribution in [0.25, 0.3) is 10.4 Å². The van der Waals surface area contributed by atoms with Gasteiger partial charge in [-0.2, -0.15) is 0 Å². The van der Waals surface area contributed by atoms with Crippen LogP contribution in [0.3, 0.4) is 0 Å². The summed E-state index contributed by atoms with van der Waals surface area (Å²) in [5.41, 5.74) is 8.65. The molecule has 1 fully saturated rings. The van der Waals surface area contributed by atoms with Crippen molar-refractivity contribution in [1.29, 1.82) is 0 Å². The van der Waals surface area contributed by atoms with Crippen LogP contribution in [0.15, 0.2) is 30.3 Å². The Morgan fingerprint density at radius 2 is 1.96 bits per heavy atom. The predicted octanol–water partition coefficient (Wildman–Crippen LogP) is 3.16. The molecule has 6 heteroatoms. The van der Waals surface area contributed by atoms with Gasteiger partial charge in [0.1, 0.15) is 5.75 Å². The zero-order chi connectivity index (χ0) is 20.1. The maximum Gasteiger partial charge on any atom is 0.239 e. The van der Waals surface area contributed by atoms with Crippen LogP contribution in [0.4, 0.5) is 0 Å². The van der Waals surface area contributed by atoms with Crippen molar-refractivity contribution < 1.29 is 9.53 Å². The molecule has 2 N–H and O–H groups in total. The maximum absolute atomic E-state index is 12.6. The Hall–Kier alpha value is -1.89. The van der Waals surface area contributed by atoms with E-state index in [4.69, 9.17) is 10.5 Å². The van der Waals surface area contributed by atoms with E-state index in [1.54, 1.807) is 11.3 Å². The second-order valence-electron chi connectivity index (χ2n) is 7.53. The molecule has 0 saturated carbocycles. The fourth-order valence-corrected chi connectivity index (χ4v) is 4.58. The first kappa shape index (κ1) is 20.8. The Morgan fingerprint density at radius 1 is 1.21 bits per heavy atom. The van der Waals surface area contributed by atoms with E-state index in [2.05, 4.69) is 50.1 Å². The van der Waals surface area contributed by atoms with Crippen molar-refractivity contribution in [3.05, 3.63) is 40.8 Å². The van der Waals surface area contributed by atoms with Gasteiger partial charge in [-0.05, 0) is 61.9 Å². The summed E-state index contributed by atoms with van der Waals surface area (Å²) in [6.45, 7) is 8.32. The van der Waals surface area contributed by atoms with Crippen molar-refractivity contribution in [2.45, 2.75) is 32.7 Å². The van der Waals surface area contributed by atoms with Crippen molar-refractivity contribution in [1.82, 2.24) is 9.80 Å². The van der Waals surface area contributed by atoms with Crippen LogP contribution in [0.5, 0.6) is 5.75 Å². The normalized spacial score (nSPS) is 16.2. The molecule has 5 nitrogen and oxygen atoms in total. The van der Waals surface area contributed by atoms with Gasteiger partial charge in [-0.3, -0.25) is 4.79 Å². The lowest BCUT2D eigenvalue weighted by atomic mass is 10.1. The number of carbonyl (C=O) groups excluding carboxylic acids is 1. The zero-order valence-electron chi connectivity index (χ0n) is 17.1. The number of nitrogens with zero attached hydrogens (tertiary/aromatic N) is 2. The molecule has 1 aromatic carbocycles. The van der Waals surface area contributed by atoms with E-state index in [0.717, 1.165) is 49.8 Å². The van der Waals surface area contributed by atoms with Crippen LogP contribution in [0.1, 0.15) is 23.8 Å². The first-order valence-electron chi connectivity index (χ1n) is 10.0. The smallest absolute Gasteiger partial charge is 0.239 e. The minimum Gasteiger partial charge on any atom is -0.494 e. The SMILES string of the molecule is CCCOc1ccc(-c2ccc(CC(N)C(=O)N3CCN(C)CC3)s2)c(C)c1. The number of thiophene rings is 1. The highest BCUT2D eigenvalue weighted by Gasteiger charge is 2.24. The summed E-state index contributed by atoms with van der Waals surface area (Å²) >= 11 is 1.72. The number of piperazine rings is 1. The number of aryl methyl sites for hydroxylation is 1. The number of benzene rings is 1. The van der Waals surface area contributed by atoms with Gasteiger partial charge >= 0.3 is 0 Å². The molecule has 0 aliphatic carbocycles. The molecule has 0 bridgehead atoms. The lowest BCUT2D eigenvalue weighted by Crippen LogP contribution is -2.52. The molecule has 0 spiro atoms. The van der Waals surface area contributed by atoms with Crippen LogP contribution in [-0.2, 0) is 11.2 Å². The zero-order valence-corrected chi connectivity index (χ0v) is 17.9. The molecule has 1 saturated heterocycles. The van der Waals surface area contributed by atoms with E-state index >= 15 is 0 Å². The Bertz CT molecular complexity index is 797. The quantitative estimate of drug-likeness (QED) is 0.774. The monoisotopic (exact) mass is 401 g/mol. The number of likely N-dealkylation sites (N-methyl/N-ethyl adjacent to an activating group) is 1. The first-order valence-corrected chi connectivity index (χ1v) is 10.8. The molecular formula is C22H31N3O2S. The maximum atomic E-state index is 12.6. The van der Waals surface area contributed by atoms with Crippen LogP contribution in [-0.4, -0.2) is 61.6 Å². The summed E-state index contributed by atoms with van der Waals surface area (Å²) < 4.78 is 5.72. The molecule has 1 unspecified atom stereocenters. The number of carbonyl (C=O) groups is 1. The van der Waals surface area contributed by atoms with Gasteiger partial charge in [0.05, 0.1) is 12.6 Å². The summed E-state index contributed by atoms with van der Waals surface area (Å²) in [7, 11) is 2.08. The highest BCUT2D eigenvalue weighted by molar-refractivity contribution is 7.15. The number of rotatable bonds is 7. The second kappa shape index (κ2) is 9.54. The molecule has 152 valence electrons. The molecule has 1 aliphatic rings. The number of ether oxygens (including phenoxy) is 1. The van der Waals surface area contributed by atoms with Gasteiger partial charge < -0.3 is 20.3 Å². The summed E-state index contributed by atoms with van der Waals surface area (Å²) in [6, 6.07) is 9.99. The fourth-order valence-electron chi connectivity index (χ4n) is 3.42. The van der Waals surface area contributed by atoms with Crippen LogP contribution in [0.2, 0.25) is 0 Å². The third-order valence-corrected chi connectivity index (χ3v) is 6.29. The fraction of sp³-hybridized carbons (Fsp3) is 0.500. The molecular weight excluding hydrogens is 370 g/mol. The van der Waals surface area contributed by atoms with E-state index < -0.39 is 6.04 Å². The van der Waals surface area contributed by atoms with Crippen LogP contribution < -0.4 is 10.5 Å². The summed E-state index contributed by atoms with van der Waals surface area (Å²) in [5, 5.41) is 0. The molecule has 1 aromatic heterocycles. The summed E-state index contributed by atoms with van der Waals surface area (Å²) in [5.74, 6) is 0.983. The Balaban J connectivity index is 1.63. The number of hydrogen-bond donors (Lipinski definition) is 1. The average Bonchev–Trinajstić information content (AvgIpc) is 3.14. The van der Waals surface area contributed by atoms with Gasteiger partial charge in [-0.15, -0.1) is 11.3 Å². The lowest BCUT2D eigenvalue weighted by molar-refractivity contribution is -0.134. The van der Waals surface area contributed by atoms with E-state index in [1.165, 1.54) is 16.0 Å². The molecule has 1 atom stereocenters. The molecule has 1 aliphatic heterocycles. The van der Waals surface area contributed by atoms with Gasteiger partial charge in [0, 0.05) is 42.4 Å². The first-order chi connectivity index (χ1) is 13.5. The molecule has 3 rings (SSSR count). The molecule has 2 heterocycles. The standard InChI is InChI=1S/C22H31N3O2S/c1-4-13-27-17-5-7-19(16(2)14-17)21-8-6-18(28-21)15-20(23)22(26)25-11-9-24(3)10-12-25/h5-8,14,20H,4,9-13,15,23H2,1-3H3. The van der Waals surface area contributed by atoms with Gasteiger partial charge in [-0.1, -0.05) is 6.92 Å². The van der Waals surface area contributed by atoms with E-state index in [1.807, 2.05) is 11.0 Å². The van der Waals surface area contributed by atoms with Crippen molar-refractivity contribution in [3.63, 3.8) is 0 Å². The van der Waals surface area contributed by atoms with Gasteiger partial charge in [0.25, 0.3) is 0 Å². The number of amides is 1. The van der Waals surface area contributed by atoms with Crippen LogP contribution in [0, 0.1) is 6.92 Å². The Kier molecular flexibility index (Phi) is 7.10. The van der Waals surface area contributed by atoms with Crippen molar-refractivity contribution >= 4 is 17.2 Å². The second-order valence-corrected chi connectivity index (χ2v) is 8.70. The summed E-state index contributed by atoms with van der Waals surface area (Å²) in [4.78, 5) is 19.1. The highest BCUT2D eigenvalue weighted by Crippen LogP contribution is 2.33. The van der Waals surface area contributed by atoms with Crippen molar-refractivity contribution in [3.8, 4) is 16.2 Å². The third kappa shape index (κ3) is 5.13. The largest absolute Gasteiger partial charge is 0.494 e. The summed E-state index contributed by atoms with van der Waals surface area (Å²) in [6.07, 6.45) is 1.59. The number of nitrogens with two attached hydrogens (primary N) is 1. The van der Waals surface area contributed by atoms with Crippen molar-refractivity contribution in [2.75, 3.05) is 39.8 Å². The Labute approximate surface area is 172 Å². The van der Waals surface area contributed by atoms with Crippen LogP contribution >= 0.6 is 11.3 Å². The Morgan fingerprint density at radius 3 is 2.64 bits per heavy atom. The van der Waals surface area contributed by atoms with Gasteiger partial charge in [0.2, 0.25) is 5.91 Å². The lowest BCUT2D eigenvalue weighted by Gasteiger charge is -2.33. The van der Waals surface area contributed by atoms with Gasteiger partial charge in [-0.25, -0.2) is 0 Å². The molecule has 1 amide bonds. The number of hydrogen-bond acceptors (Lipinski definition) is 5. The highest BCUT2D eigenvalue weighted by atomic mass is 32.1. The minimum atomic E-state index is -0.471. The third-order valence-electron chi connectivity index (χ3n) is 5.15. The molecule has 2 aromatic rings. The minimum absolute atomic E-state index is 0.0663. The van der Waals surface area contributed by atoms with E-state index in [-0.39, 0.29) is 5.91 Å². The topological polar surface area (TPSA) is 58.8 Å². The van der Waals surface area contributed by atoms with Gasteiger partial charge in [0.15, 0.2) is 0 Å². The van der Waals surface area contributed by atoms with E-state index in [0.29, 0.717) is 6.42 Å². The van der Waals surface area contributed by atoms with Crippen molar-refractivity contribution in [2.24, 2.45) is 5.73 Å². The predicted molar refractivity (Wildman–Crippen MR) is 116 cm³/mol. The molecule has 28 heavy (non-hydrogen) atoms. The van der Waals surface area contributed by atoms with E-state index in [9.17, 15) is 4.79 Å². The molecule has 0 radical (unpaired) electrons. The average molecular weight is 402 g/mol.